The van der Waals surface area contributed by atoms with Crippen molar-refractivity contribution in [3.8, 4) is 11.5 Å². The lowest BCUT2D eigenvalue weighted by Gasteiger charge is -2.14. The smallest absolute Gasteiger partial charge is 0.191 e. The summed E-state index contributed by atoms with van der Waals surface area (Å²) in [5, 5.41) is 6.67. The normalized spacial score (nSPS) is 11.2. The Morgan fingerprint density at radius 3 is 2.67 bits per heavy atom. The summed E-state index contributed by atoms with van der Waals surface area (Å²) in [5.74, 6) is 2.31. The van der Waals surface area contributed by atoms with Crippen molar-refractivity contribution in [3.05, 3.63) is 77.9 Å². The monoisotopic (exact) mass is 407 g/mol. The number of rotatable bonds is 9. The molecule has 2 N–H and O–H groups in total. The highest BCUT2D eigenvalue weighted by Gasteiger charge is 2.06. The minimum Gasteiger partial charge on any atom is -0.497 e. The second-order valence-electron chi connectivity index (χ2n) is 6.78. The van der Waals surface area contributed by atoms with Gasteiger partial charge in [0, 0.05) is 43.7 Å². The van der Waals surface area contributed by atoms with Crippen LogP contribution in [0.1, 0.15) is 23.6 Å². The van der Waals surface area contributed by atoms with E-state index in [1.54, 1.807) is 20.4 Å². The molecular weight excluding hydrogens is 378 g/mol. The number of imidazole rings is 1. The van der Waals surface area contributed by atoms with Gasteiger partial charge < -0.3 is 24.7 Å². The van der Waals surface area contributed by atoms with Gasteiger partial charge in [0.1, 0.15) is 11.5 Å². The molecule has 0 spiro atoms. The lowest BCUT2D eigenvalue weighted by molar-refractivity contribution is 0.390. The Labute approximate surface area is 177 Å². The second kappa shape index (κ2) is 10.9. The van der Waals surface area contributed by atoms with Crippen molar-refractivity contribution in [3.63, 3.8) is 0 Å². The zero-order valence-corrected chi connectivity index (χ0v) is 17.8. The van der Waals surface area contributed by atoms with E-state index < -0.39 is 0 Å². The SMILES string of the molecule is CCNC(=NCc1cccc(Cn2ccnc2)c1)NCc1ccc(OC)cc1OC. The van der Waals surface area contributed by atoms with E-state index in [0.717, 1.165) is 41.7 Å². The van der Waals surface area contributed by atoms with Gasteiger partial charge in [0.15, 0.2) is 5.96 Å². The third-order valence-corrected chi connectivity index (χ3v) is 4.62. The van der Waals surface area contributed by atoms with Crippen LogP contribution < -0.4 is 20.1 Å². The molecule has 7 nitrogen and oxygen atoms in total. The number of nitrogens with zero attached hydrogens (tertiary/aromatic N) is 3. The molecule has 0 aliphatic heterocycles. The maximum Gasteiger partial charge on any atom is 0.191 e. The van der Waals surface area contributed by atoms with Crippen molar-refractivity contribution in [2.24, 2.45) is 4.99 Å². The van der Waals surface area contributed by atoms with Crippen LogP contribution in [0.15, 0.2) is 66.2 Å². The summed E-state index contributed by atoms with van der Waals surface area (Å²) in [7, 11) is 3.31. The van der Waals surface area contributed by atoms with Gasteiger partial charge in [-0.2, -0.15) is 0 Å². The van der Waals surface area contributed by atoms with Gasteiger partial charge >= 0.3 is 0 Å². The molecule has 1 heterocycles. The number of hydrogen-bond donors (Lipinski definition) is 2. The first-order chi connectivity index (χ1) is 14.7. The van der Waals surface area contributed by atoms with Gasteiger partial charge in [-0.3, -0.25) is 0 Å². The van der Waals surface area contributed by atoms with E-state index in [1.807, 2.05) is 30.7 Å². The standard InChI is InChI=1S/C23H29N5O2/c1-4-25-23(27-15-20-8-9-21(29-2)13-22(20)30-3)26-14-18-6-5-7-19(12-18)16-28-11-10-24-17-28/h5-13,17H,4,14-16H2,1-3H3,(H2,25,26,27). The molecule has 0 unspecified atom stereocenters. The first-order valence-corrected chi connectivity index (χ1v) is 9.98. The fraction of sp³-hybridized carbons (Fsp3) is 0.304. The third kappa shape index (κ3) is 6.01. The van der Waals surface area contributed by atoms with Crippen LogP contribution in [0, 0.1) is 0 Å². The molecule has 0 aliphatic carbocycles. The Morgan fingerprint density at radius 1 is 1.07 bits per heavy atom. The zero-order valence-electron chi connectivity index (χ0n) is 17.8. The molecule has 7 heteroatoms. The van der Waals surface area contributed by atoms with Gasteiger partial charge in [0.2, 0.25) is 0 Å². The van der Waals surface area contributed by atoms with E-state index in [-0.39, 0.29) is 0 Å². The quantitative estimate of drug-likeness (QED) is 0.421. The number of benzene rings is 2. The molecule has 0 saturated heterocycles. The van der Waals surface area contributed by atoms with Crippen molar-refractivity contribution in [2.75, 3.05) is 20.8 Å². The largest absolute Gasteiger partial charge is 0.497 e. The number of guanidine groups is 1. The molecule has 3 aromatic rings. The Kier molecular flexibility index (Phi) is 7.71. The number of nitrogens with one attached hydrogen (secondary N) is 2. The number of aliphatic imine (C=N–C) groups is 1. The Hall–Kier alpha value is -3.48. The first kappa shape index (κ1) is 21.2. The number of methoxy groups -OCH3 is 2. The molecule has 0 atom stereocenters. The Morgan fingerprint density at radius 2 is 1.93 bits per heavy atom. The van der Waals surface area contributed by atoms with Crippen molar-refractivity contribution in [1.82, 2.24) is 20.2 Å². The average Bonchev–Trinajstić information content (AvgIpc) is 3.29. The lowest BCUT2D eigenvalue weighted by atomic mass is 10.1. The molecule has 2 aromatic carbocycles. The van der Waals surface area contributed by atoms with Crippen LogP contribution in [-0.2, 0) is 19.6 Å². The van der Waals surface area contributed by atoms with E-state index in [4.69, 9.17) is 14.5 Å². The fourth-order valence-corrected chi connectivity index (χ4v) is 3.11. The molecule has 1 aromatic heterocycles. The molecule has 158 valence electrons. The van der Waals surface area contributed by atoms with Gasteiger partial charge in [-0.25, -0.2) is 9.98 Å². The number of hydrogen-bond acceptors (Lipinski definition) is 4. The van der Waals surface area contributed by atoms with Gasteiger partial charge in [-0.05, 0) is 30.2 Å². The highest BCUT2D eigenvalue weighted by Crippen LogP contribution is 2.24. The van der Waals surface area contributed by atoms with E-state index in [2.05, 4.69) is 51.4 Å². The average molecular weight is 408 g/mol. The Balaban J connectivity index is 1.65. The minimum absolute atomic E-state index is 0.590. The maximum absolute atomic E-state index is 5.48. The van der Waals surface area contributed by atoms with Crippen LogP contribution in [0.2, 0.25) is 0 Å². The molecule has 0 bridgehead atoms. The number of aromatic nitrogens is 2. The van der Waals surface area contributed by atoms with Crippen LogP contribution >= 0.6 is 0 Å². The van der Waals surface area contributed by atoms with Gasteiger partial charge in [-0.1, -0.05) is 24.3 Å². The van der Waals surface area contributed by atoms with E-state index >= 15 is 0 Å². The molecule has 0 fully saturated rings. The molecule has 0 aliphatic rings. The summed E-state index contributed by atoms with van der Waals surface area (Å²) in [6.07, 6.45) is 5.58. The topological polar surface area (TPSA) is 72.7 Å². The van der Waals surface area contributed by atoms with Crippen LogP contribution in [0.4, 0.5) is 0 Å². The number of ether oxygens (including phenoxy) is 2. The zero-order chi connectivity index (χ0) is 21.2. The van der Waals surface area contributed by atoms with Crippen molar-refractivity contribution in [2.45, 2.75) is 26.6 Å². The van der Waals surface area contributed by atoms with Crippen molar-refractivity contribution >= 4 is 5.96 Å². The summed E-state index contributed by atoms with van der Waals surface area (Å²) in [5.41, 5.74) is 3.42. The van der Waals surface area contributed by atoms with Crippen LogP contribution in [-0.4, -0.2) is 36.3 Å². The molecule has 0 saturated carbocycles. The first-order valence-electron chi connectivity index (χ1n) is 9.98. The van der Waals surface area contributed by atoms with Crippen LogP contribution in [0.25, 0.3) is 0 Å². The summed E-state index contributed by atoms with van der Waals surface area (Å²) < 4.78 is 12.8. The predicted octanol–water partition coefficient (Wildman–Crippen LogP) is 3.20. The van der Waals surface area contributed by atoms with Crippen molar-refractivity contribution < 1.29 is 9.47 Å². The highest BCUT2D eigenvalue weighted by molar-refractivity contribution is 5.79. The van der Waals surface area contributed by atoms with E-state index in [9.17, 15) is 0 Å². The van der Waals surface area contributed by atoms with Crippen LogP contribution in [0.3, 0.4) is 0 Å². The minimum atomic E-state index is 0.590. The molecule has 0 radical (unpaired) electrons. The van der Waals surface area contributed by atoms with Crippen molar-refractivity contribution in [1.29, 1.82) is 0 Å². The summed E-state index contributed by atoms with van der Waals surface area (Å²) in [6, 6.07) is 14.3. The Bertz CT molecular complexity index is 954. The van der Waals surface area contributed by atoms with Gasteiger partial charge in [-0.15, -0.1) is 0 Å². The molecule has 0 amide bonds. The van der Waals surface area contributed by atoms with Crippen LogP contribution in [0.5, 0.6) is 11.5 Å². The molecule has 3 rings (SSSR count). The summed E-state index contributed by atoms with van der Waals surface area (Å²) in [4.78, 5) is 8.83. The maximum atomic E-state index is 5.48. The fourth-order valence-electron chi connectivity index (χ4n) is 3.11. The third-order valence-electron chi connectivity index (χ3n) is 4.62. The second-order valence-corrected chi connectivity index (χ2v) is 6.78. The highest BCUT2D eigenvalue weighted by atomic mass is 16.5. The van der Waals surface area contributed by atoms with Gasteiger partial charge in [0.25, 0.3) is 0 Å². The van der Waals surface area contributed by atoms with E-state index in [1.165, 1.54) is 5.56 Å². The summed E-state index contributed by atoms with van der Waals surface area (Å²) in [6.45, 7) is 4.82. The predicted molar refractivity (Wildman–Crippen MR) is 119 cm³/mol. The molecular formula is C23H29N5O2. The lowest BCUT2D eigenvalue weighted by Crippen LogP contribution is -2.36. The van der Waals surface area contributed by atoms with Gasteiger partial charge in [0.05, 0.1) is 27.1 Å². The molecule has 30 heavy (non-hydrogen) atoms. The van der Waals surface area contributed by atoms with E-state index in [0.29, 0.717) is 13.1 Å². The summed E-state index contributed by atoms with van der Waals surface area (Å²) >= 11 is 0.